The number of hydrogen-bond acceptors (Lipinski definition) is 3. The largest absolute Gasteiger partial charge is 0.341 e. The van der Waals surface area contributed by atoms with E-state index in [1.165, 1.54) is 44.3 Å². The molecule has 2 atom stereocenters. The zero-order valence-corrected chi connectivity index (χ0v) is 12.3. The van der Waals surface area contributed by atoms with E-state index in [1.54, 1.807) is 0 Å². The molecule has 0 aromatic rings. The first kappa shape index (κ1) is 14.2. The first-order valence-corrected chi connectivity index (χ1v) is 8.46. The molecule has 2 saturated heterocycles. The number of nitrogens with zero attached hydrogens (tertiary/aromatic N) is 1. The summed E-state index contributed by atoms with van der Waals surface area (Å²) in [7, 11) is 0. The number of hydrogen-bond donors (Lipinski definition) is 1. The van der Waals surface area contributed by atoms with Gasteiger partial charge in [-0.15, -0.1) is 0 Å². The number of nitrogens with one attached hydrogen (secondary N) is 1. The molecule has 0 aromatic carbocycles. The van der Waals surface area contributed by atoms with Crippen LogP contribution in [0, 0.1) is 0 Å². The number of likely N-dealkylation sites (tertiary alicyclic amines) is 1. The van der Waals surface area contributed by atoms with Gasteiger partial charge < -0.3 is 10.2 Å². The first-order valence-electron chi connectivity index (χ1n) is 7.41. The summed E-state index contributed by atoms with van der Waals surface area (Å²) in [4.78, 5) is 14.4. The van der Waals surface area contributed by atoms with Gasteiger partial charge in [0.2, 0.25) is 5.91 Å². The van der Waals surface area contributed by atoms with Gasteiger partial charge in [0.05, 0.1) is 6.04 Å². The summed E-state index contributed by atoms with van der Waals surface area (Å²) in [6.07, 6.45) is 7.57. The highest BCUT2D eigenvalue weighted by atomic mass is 32.2. The molecule has 0 spiro atoms. The molecule has 18 heavy (non-hydrogen) atoms. The minimum atomic E-state index is -0.00991. The molecule has 4 heteroatoms. The van der Waals surface area contributed by atoms with Crippen molar-refractivity contribution in [2.75, 3.05) is 25.4 Å². The Hall–Kier alpha value is -0.220. The topological polar surface area (TPSA) is 32.3 Å². The molecule has 2 fully saturated rings. The van der Waals surface area contributed by atoms with Crippen molar-refractivity contribution in [1.82, 2.24) is 10.2 Å². The molecule has 2 aliphatic heterocycles. The molecular weight excluding hydrogens is 244 g/mol. The molecule has 0 aliphatic carbocycles. The molecule has 3 nitrogen and oxygen atoms in total. The maximum atomic E-state index is 12.3. The smallest absolute Gasteiger partial charge is 0.239 e. The maximum Gasteiger partial charge on any atom is 0.239 e. The highest BCUT2D eigenvalue weighted by Crippen LogP contribution is 2.25. The third-order valence-electron chi connectivity index (χ3n) is 3.96. The van der Waals surface area contributed by atoms with Crippen molar-refractivity contribution < 1.29 is 4.79 Å². The van der Waals surface area contributed by atoms with Crippen LogP contribution in [0.1, 0.15) is 45.4 Å². The van der Waals surface area contributed by atoms with Crippen LogP contribution in [0.2, 0.25) is 0 Å². The van der Waals surface area contributed by atoms with Crippen molar-refractivity contribution in [3.05, 3.63) is 0 Å². The SMILES string of the molecule is CC(NCC1CCCS1)C(=O)N1CCCCCC1. The van der Waals surface area contributed by atoms with E-state index in [4.69, 9.17) is 0 Å². The predicted octanol–water partition coefficient (Wildman–Crippen LogP) is 2.26. The standard InChI is InChI=1S/C14H26N2OS/c1-12(15-11-13-7-6-10-18-13)14(17)16-8-4-2-3-5-9-16/h12-13,15H,2-11H2,1H3. The van der Waals surface area contributed by atoms with Gasteiger partial charge in [0, 0.05) is 24.9 Å². The number of rotatable bonds is 4. The van der Waals surface area contributed by atoms with Crippen molar-refractivity contribution in [3.63, 3.8) is 0 Å². The monoisotopic (exact) mass is 270 g/mol. The summed E-state index contributed by atoms with van der Waals surface area (Å²) in [5.41, 5.74) is 0. The van der Waals surface area contributed by atoms with E-state index in [0.29, 0.717) is 5.91 Å². The maximum absolute atomic E-state index is 12.3. The molecule has 2 rings (SSSR count). The predicted molar refractivity (Wildman–Crippen MR) is 78.0 cm³/mol. The third kappa shape index (κ3) is 4.16. The molecule has 0 radical (unpaired) electrons. The Labute approximate surface area is 115 Å². The molecule has 1 amide bonds. The fourth-order valence-electron chi connectivity index (χ4n) is 2.77. The fraction of sp³-hybridized carbons (Fsp3) is 0.929. The Kier molecular flexibility index (Phi) is 5.83. The summed E-state index contributed by atoms with van der Waals surface area (Å²) in [6.45, 7) is 4.93. The van der Waals surface area contributed by atoms with Gasteiger partial charge in [-0.25, -0.2) is 0 Å². The van der Waals surface area contributed by atoms with Crippen LogP contribution in [0.15, 0.2) is 0 Å². The van der Waals surface area contributed by atoms with Crippen molar-refractivity contribution in [3.8, 4) is 0 Å². The van der Waals surface area contributed by atoms with E-state index in [1.807, 2.05) is 18.7 Å². The lowest BCUT2D eigenvalue weighted by atomic mass is 10.2. The highest BCUT2D eigenvalue weighted by Gasteiger charge is 2.22. The molecular formula is C14H26N2OS. The molecule has 0 saturated carbocycles. The number of amides is 1. The molecule has 0 bridgehead atoms. The van der Waals surface area contributed by atoms with Gasteiger partial charge in [0.15, 0.2) is 0 Å². The van der Waals surface area contributed by atoms with E-state index in [9.17, 15) is 4.79 Å². The summed E-state index contributed by atoms with van der Waals surface area (Å²) in [6, 6.07) is -0.00991. The minimum absolute atomic E-state index is 0.00991. The van der Waals surface area contributed by atoms with Gasteiger partial charge in [-0.1, -0.05) is 12.8 Å². The van der Waals surface area contributed by atoms with E-state index < -0.39 is 0 Å². The molecule has 2 aliphatic rings. The Morgan fingerprint density at radius 3 is 2.61 bits per heavy atom. The van der Waals surface area contributed by atoms with Crippen molar-refractivity contribution >= 4 is 17.7 Å². The van der Waals surface area contributed by atoms with Crippen LogP contribution in [0.25, 0.3) is 0 Å². The van der Waals surface area contributed by atoms with E-state index in [-0.39, 0.29) is 6.04 Å². The second-order valence-corrected chi connectivity index (χ2v) is 6.91. The third-order valence-corrected chi connectivity index (χ3v) is 5.36. The van der Waals surface area contributed by atoms with E-state index in [2.05, 4.69) is 10.2 Å². The van der Waals surface area contributed by atoms with Gasteiger partial charge in [-0.3, -0.25) is 4.79 Å². The zero-order valence-electron chi connectivity index (χ0n) is 11.5. The Bertz CT molecular complexity index is 259. The Morgan fingerprint density at radius 2 is 2.00 bits per heavy atom. The average Bonchev–Trinajstić information content (AvgIpc) is 2.75. The lowest BCUT2D eigenvalue weighted by Crippen LogP contribution is -2.46. The van der Waals surface area contributed by atoms with Crippen LogP contribution in [-0.2, 0) is 4.79 Å². The molecule has 0 aromatic heterocycles. The van der Waals surface area contributed by atoms with Crippen LogP contribution in [0.5, 0.6) is 0 Å². The Balaban J connectivity index is 1.72. The summed E-state index contributed by atoms with van der Waals surface area (Å²) < 4.78 is 0. The van der Waals surface area contributed by atoms with Crippen LogP contribution in [0.3, 0.4) is 0 Å². The second-order valence-electron chi connectivity index (χ2n) is 5.50. The van der Waals surface area contributed by atoms with Crippen molar-refractivity contribution in [2.24, 2.45) is 0 Å². The van der Waals surface area contributed by atoms with Gasteiger partial charge in [0.25, 0.3) is 0 Å². The minimum Gasteiger partial charge on any atom is -0.341 e. The van der Waals surface area contributed by atoms with Gasteiger partial charge >= 0.3 is 0 Å². The van der Waals surface area contributed by atoms with Crippen LogP contribution >= 0.6 is 11.8 Å². The normalized spacial score (nSPS) is 26.9. The molecule has 2 unspecified atom stereocenters. The first-order chi connectivity index (χ1) is 8.77. The number of carbonyl (C=O) groups is 1. The average molecular weight is 270 g/mol. The molecule has 104 valence electrons. The van der Waals surface area contributed by atoms with Gasteiger partial charge in [-0.2, -0.15) is 11.8 Å². The summed E-state index contributed by atoms with van der Waals surface area (Å²) >= 11 is 2.05. The lowest BCUT2D eigenvalue weighted by molar-refractivity contribution is -0.132. The zero-order chi connectivity index (χ0) is 12.8. The Morgan fingerprint density at radius 1 is 1.28 bits per heavy atom. The quantitative estimate of drug-likeness (QED) is 0.850. The van der Waals surface area contributed by atoms with E-state index >= 15 is 0 Å². The van der Waals surface area contributed by atoms with Crippen LogP contribution in [0.4, 0.5) is 0 Å². The molecule has 1 N–H and O–H groups in total. The van der Waals surface area contributed by atoms with Crippen LogP contribution in [-0.4, -0.2) is 47.5 Å². The molecule has 2 heterocycles. The fourth-order valence-corrected chi connectivity index (χ4v) is 3.98. The summed E-state index contributed by atoms with van der Waals surface area (Å²) in [5, 5.41) is 4.16. The van der Waals surface area contributed by atoms with Crippen LogP contribution < -0.4 is 5.32 Å². The highest BCUT2D eigenvalue weighted by molar-refractivity contribution is 8.00. The number of thioether (sulfide) groups is 1. The van der Waals surface area contributed by atoms with Gasteiger partial charge in [0.1, 0.15) is 0 Å². The second kappa shape index (κ2) is 7.39. The van der Waals surface area contributed by atoms with Gasteiger partial charge in [-0.05, 0) is 38.4 Å². The van der Waals surface area contributed by atoms with Crippen molar-refractivity contribution in [2.45, 2.75) is 56.7 Å². The summed E-state index contributed by atoms with van der Waals surface area (Å²) in [5.74, 6) is 1.60. The van der Waals surface area contributed by atoms with E-state index in [0.717, 1.165) is 24.9 Å². The number of carbonyl (C=O) groups excluding carboxylic acids is 1. The van der Waals surface area contributed by atoms with Crippen molar-refractivity contribution in [1.29, 1.82) is 0 Å². The lowest BCUT2D eigenvalue weighted by Gasteiger charge is -2.25.